The van der Waals surface area contributed by atoms with E-state index in [2.05, 4.69) is 5.10 Å². The van der Waals surface area contributed by atoms with Crippen molar-refractivity contribution in [3.8, 4) is 5.69 Å². The van der Waals surface area contributed by atoms with Gasteiger partial charge < -0.3 is 5.11 Å². The molecule has 0 aliphatic heterocycles. The van der Waals surface area contributed by atoms with E-state index in [-0.39, 0.29) is 0 Å². The van der Waals surface area contributed by atoms with E-state index in [1.807, 2.05) is 24.4 Å². The predicted molar refractivity (Wildman–Crippen MR) is 77.2 cm³/mol. The number of aromatic nitrogens is 2. The third-order valence-electron chi connectivity index (χ3n) is 3.24. The maximum Gasteiger partial charge on any atom is 0.328 e. The minimum Gasteiger partial charge on any atom is -0.478 e. The van der Waals surface area contributed by atoms with Gasteiger partial charge in [-0.25, -0.2) is 9.48 Å². The number of carboxylic acids is 1. The smallest absolute Gasteiger partial charge is 0.328 e. The molecular formula is C15H13ClN2O2. The summed E-state index contributed by atoms with van der Waals surface area (Å²) in [6.45, 7) is 0. The molecule has 20 heavy (non-hydrogen) atoms. The molecule has 0 radical (unpaired) electrons. The van der Waals surface area contributed by atoms with Gasteiger partial charge in [0, 0.05) is 18.2 Å². The highest BCUT2D eigenvalue weighted by atomic mass is 35.5. The average molecular weight is 289 g/mol. The van der Waals surface area contributed by atoms with Crippen molar-refractivity contribution in [2.75, 3.05) is 0 Å². The second-order valence-corrected chi connectivity index (χ2v) is 5.25. The van der Waals surface area contributed by atoms with Crippen molar-refractivity contribution in [2.45, 2.75) is 18.8 Å². The predicted octanol–water partition coefficient (Wildman–Crippen LogP) is 3.50. The first-order valence-corrected chi connectivity index (χ1v) is 6.78. The molecule has 1 aromatic heterocycles. The van der Waals surface area contributed by atoms with Crippen LogP contribution in [0, 0.1) is 0 Å². The van der Waals surface area contributed by atoms with Gasteiger partial charge in [-0.3, -0.25) is 0 Å². The van der Waals surface area contributed by atoms with Gasteiger partial charge in [-0.1, -0.05) is 17.7 Å². The van der Waals surface area contributed by atoms with Crippen LogP contribution in [0.5, 0.6) is 0 Å². The van der Waals surface area contributed by atoms with Crippen LogP contribution >= 0.6 is 11.6 Å². The van der Waals surface area contributed by atoms with E-state index in [9.17, 15) is 4.79 Å². The lowest BCUT2D eigenvalue weighted by molar-refractivity contribution is -0.131. The monoisotopic (exact) mass is 288 g/mol. The molecule has 3 rings (SSSR count). The Balaban J connectivity index is 1.87. The van der Waals surface area contributed by atoms with Crippen LogP contribution in [0.3, 0.4) is 0 Å². The Morgan fingerprint density at radius 3 is 2.85 bits per heavy atom. The van der Waals surface area contributed by atoms with E-state index < -0.39 is 5.97 Å². The van der Waals surface area contributed by atoms with E-state index in [1.165, 1.54) is 18.9 Å². The molecule has 1 heterocycles. The maximum atomic E-state index is 10.5. The van der Waals surface area contributed by atoms with Crippen LogP contribution in [0.25, 0.3) is 11.8 Å². The zero-order valence-corrected chi connectivity index (χ0v) is 11.4. The van der Waals surface area contributed by atoms with Crippen LogP contribution in [-0.4, -0.2) is 20.9 Å². The fourth-order valence-corrected chi connectivity index (χ4v) is 2.32. The second kappa shape index (κ2) is 5.13. The summed E-state index contributed by atoms with van der Waals surface area (Å²) >= 11 is 6.24. The second-order valence-electron chi connectivity index (χ2n) is 4.84. The summed E-state index contributed by atoms with van der Waals surface area (Å²) < 4.78 is 1.76. The Bertz CT molecular complexity index is 687. The summed E-state index contributed by atoms with van der Waals surface area (Å²) in [5.41, 5.74) is 2.65. The lowest BCUT2D eigenvalue weighted by Gasteiger charge is -2.05. The summed E-state index contributed by atoms with van der Waals surface area (Å²) in [5.74, 6) is -0.376. The molecule has 1 fully saturated rings. The molecule has 1 saturated carbocycles. The topological polar surface area (TPSA) is 55.1 Å². The molecule has 2 aromatic rings. The molecule has 0 atom stereocenters. The van der Waals surface area contributed by atoms with Crippen LogP contribution in [0.1, 0.15) is 30.0 Å². The van der Waals surface area contributed by atoms with Crippen molar-refractivity contribution in [2.24, 2.45) is 0 Å². The summed E-state index contributed by atoms with van der Waals surface area (Å²) in [6.07, 6.45) is 6.93. The Morgan fingerprint density at radius 2 is 2.20 bits per heavy atom. The lowest BCUT2D eigenvalue weighted by atomic mass is 10.2. The van der Waals surface area contributed by atoms with Crippen LogP contribution in [0.4, 0.5) is 0 Å². The van der Waals surface area contributed by atoms with E-state index in [0.29, 0.717) is 10.9 Å². The highest BCUT2D eigenvalue weighted by Gasteiger charge is 2.26. The molecule has 1 N–H and O–H groups in total. The molecule has 0 bridgehead atoms. The molecule has 1 aliphatic rings. The molecule has 5 heteroatoms. The Hall–Kier alpha value is -2.07. The van der Waals surface area contributed by atoms with Crippen molar-refractivity contribution in [1.82, 2.24) is 9.78 Å². The van der Waals surface area contributed by atoms with Crippen molar-refractivity contribution < 1.29 is 9.90 Å². The Kier molecular flexibility index (Phi) is 3.32. The first-order chi connectivity index (χ1) is 9.63. The fraction of sp³-hybridized carbons (Fsp3) is 0.200. The van der Waals surface area contributed by atoms with Gasteiger partial charge in [0.2, 0.25) is 0 Å². The highest BCUT2D eigenvalue weighted by Crippen LogP contribution is 2.39. The molecule has 1 aliphatic carbocycles. The number of hydrogen-bond donors (Lipinski definition) is 1. The minimum absolute atomic E-state index is 0.544. The average Bonchev–Trinajstić information content (AvgIpc) is 3.15. The minimum atomic E-state index is -0.980. The van der Waals surface area contributed by atoms with Crippen molar-refractivity contribution in [3.05, 3.63) is 52.8 Å². The molecule has 0 amide bonds. The largest absolute Gasteiger partial charge is 0.478 e. The molecule has 0 saturated heterocycles. The van der Waals surface area contributed by atoms with Crippen LogP contribution < -0.4 is 0 Å². The third kappa shape index (κ3) is 2.75. The summed E-state index contributed by atoms with van der Waals surface area (Å²) in [4.78, 5) is 10.5. The maximum absolute atomic E-state index is 10.5. The van der Waals surface area contributed by atoms with Gasteiger partial charge in [-0.05, 0) is 42.7 Å². The van der Waals surface area contributed by atoms with Crippen LogP contribution in [0.15, 0.2) is 36.5 Å². The number of carboxylic acid groups (broad SMARTS) is 1. The number of nitrogens with zero attached hydrogens (tertiary/aromatic N) is 2. The zero-order chi connectivity index (χ0) is 14.1. The molecular weight excluding hydrogens is 276 g/mol. The number of halogens is 1. The van der Waals surface area contributed by atoms with Gasteiger partial charge >= 0.3 is 5.97 Å². The van der Waals surface area contributed by atoms with Crippen molar-refractivity contribution >= 4 is 23.6 Å². The number of hydrogen-bond acceptors (Lipinski definition) is 2. The molecule has 0 spiro atoms. The first kappa shape index (κ1) is 12.9. The molecule has 4 nitrogen and oxygen atoms in total. The summed E-state index contributed by atoms with van der Waals surface area (Å²) in [7, 11) is 0. The van der Waals surface area contributed by atoms with Crippen molar-refractivity contribution in [3.63, 3.8) is 0 Å². The van der Waals surface area contributed by atoms with Gasteiger partial charge in [0.1, 0.15) is 0 Å². The van der Waals surface area contributed by atoms with E-state index in [0.717, 1.165) is 23.0 Å². The zero-order valence-electron chi connectivity index (χ0n) is 10.7. The molecule has 102 valence electrons. The number of rotatable bonds is 4. The van der Waals surface area contributed by atoms with Crippen LogP contribution in [0.2, 0.25) is 5.02 Å². The fourth-order valence-electron chi connectivity index (χ4n) is 2.05. The highest BCUT2D eigenvalue weighted by molar-refractivity contribution is 6.32. The normalized spacial score (nSPS) is 14.8. The van der Waals surface area contributed by atoms with Gasteiger partial charge in [0.05, 0.1) is 16.4 Å². The number of aliphatic carboxylic acids is 1. The van der Waals surface area contributed by atoms with E-state index >= 15 is 0 Å². The van der Waals surface area contributed by atoms with E-state index in [4.69, 9.17) is 16.7 Å². The van der Waals surface area contributed by atoms with Crippen LogP contribution in [-0.2, 0) is 4.79 Å². The number of benzene rings is 1. The lowest BCUT2D eigenvalue weighted by Crippen LogP contribution is -1.97. The number of carbonyl (C=O) groups is 1. The summed E-state index contributed by atoms with van der Waals surface area (Å²) in [6, 6.07) is 7.41. The SMILES string of the molecule is O=C(O)/C=C/c1ccc(-n2ccc(C3CC3)n2)c(Cl)c1. The van der Waals surface area contributed by atoms with Crippen molar-refractivity contribution in [1.29, 1.82) is 0 Å². The quantitative estimate of drug-likeness (QED) is 0.876. The van der Waals surface area contributed by atoms with E-state index in [1.54, 1.807) is 10.7 Å². The van der Waals surface area contributed by atoms with Gasteiger partial charge in [-0.15, -0.1) is 0 Å². The Morgan fingerprint density at radius 1 is 1.40 bits per heavy atom. The standard InChI is InChI=1S/C15H13ClN2O2/c16-12-9-10(2-6-15(19)20)1-5-14(12)18-8-7-13(17-18)11-3-4-11/h1-2,5-9,11H,3-4H2,(H,19,20)/b6-2+. The third-order valence-corrected chi connectivity index (χ3v) is 3.54. The molecule has 0 unspecified atom stereocenters. The summed E-state index contributed by atoms with van der Waals surface area (Å²) in [5, 5.41) is 13.7. The first-order valence-electron chi connectivity index (χ1n) is 6.40. The van der Waals surface area contributed by atoms with Gasteiger partial charge in [0.25, 0.3) is 0 Å². The Labute approximate surface area is 121 Å². The van der Waals surface area contributed by atoms with Gasteiger partial charge in [0.15, 0.2) is 0 Å². The van der Waals surface area contributed by atoms with Gasteiger partial charge in [-0.2, -0.15) is 5.10 Å². The molecule has 1 aromatic carbocycles.